The van der Waals surface area contributed by atoms with Crippen LogP contribution in [0.25, 0.3) is 10.2 Å². The highest BCUT2D eigenvalue weighted by atomic mass is 32.2. The van der Waals surface area contributed by atoms with Gasteiger partial charge in [0.2, 0.25) is 0 Å². The van der Waals surface area contributed by atoms with Crippen molar-refractivity contribution in [3.05, 3.63) is 61.5 Å². The molecule has 4 aromatic rings. The second kappa shape index (κ2) is 8.22. The number of rotatable bonds is 5. The monoisotopic (exact) mass is 470 g/mol. The van der Waals surface area contributed by atoms with Crippen molar-refractivity contribution >= 4 is 67.6 Å². The molecular formula is C21H18N4OS4. The van der Waals surface area contributed by atoms with Crippen LogP contribution in [0.3, 0.4) is 0 Å². The largest absolute Gasteiger partial charge is 0.272 e. The summed E-state index contributed by atoms with van der Waals surface area (Å²) in [5.74, 6) is 0.296. The highest BCUT2D eigenvalue weighted by Crippen LogP contribution is 2.38. The van der Waals surface area contributed by atoms with Crippen molar-refractivity contribution in [2.45, 2.75) is 31.3 Å². The lowest BCUT2D eigenvalue weighted by atomic mass is 10.1. The van der Waals surface area contributed by atoms with E-state index in [0.29, 0.717) is 5.75 Å². The van der Waals surface area contributed by atoms with Crippen molar-refractivity contribution in [2.24, 2.45) is 5.10 Å². The second-order valence-electron chi connectivity index (χ2n) is 6.93. The SMILES string of the molecule is Cc1sc2ncnc(SCC(=O)N3N=C(c4cccs4)CC3c3cccs3)c2c1C. The van der Waals surface area contributed by atoms with Gasteiger partial charge in [-0.1, -0.05) is 23.9 Å². The van der Waals surface area contributed by atoms with E-state index in [0.717, 1.165) is 37.1 Å². The molecule has 0 saturated heterocycles. The fourth-order valence-electron chi connectivity index (χ4n) is 3.49. The molecule has 0 bridgehead atoms. The normalized spacial score (nSPS) is 16.4. The number of thiophene rings is 3. The first-order valence-corrected chi connectivity index (χ1v) is 13.0. The van der Waals surface area contributed by atoms with Gasteiger partial charge in [0.15, 0.2) is 0 Å². The third-order valence-electron chi connectivity index (χ3n) is 5.11. The summed E-state index contributed by atoms with van der Waals surface area (Å²) in [6.07, 6.45) is 2.33. The highest BCUT2D eigenvalue weighted by molar-refractivity contribution is 8.00. The lowest BCUT2D eigenvalue weighted by Gasteiger charge is -2.20. The van der Waals surface area contributed by atoms with E-state index < -0.39 is 0 Å². The molecule has 4 aromatic heterocycles. The Morgan fingerprint density at radius 2 is 2.03 bits per heavy atom. The molecule has 1 amide bonds. The van der Waals surface area contributed by atoms with Crippen LogP contribution in [0, 0.1) is 13.8 Å². The van der Waals surface area contributed by atoms with Crippen LogP contribution in [0.1, 0.15) is 32.7 Å². The van der Waals surface area contributed by atoms with E-state index in [9.17, 15) is 4.79 Å². The minimum absolute atomic E-state index is 0.00122. The summed E-state index contributed by atoms with van der Waals surface area (Å²) in [6, 6.07) is 8.16. The number of aromatic nitrogens is 2. The van der Waals surface area contributed by atoms with Gasteiger partial charge in [0.1, 0.15) is 16.2 Å². The Morgan fingerprint density at radius 1 is 1.20 bits per heavy atom. The lowest BCUT2D eigenvalue weighted by Crippen LogP contribution is -2.28. The summed E-state index contributed by atoms with van der Waals surface area (Å²) in [6.45, 7) is 4.19. The third kappa shape index (κ3) is 3.60. The molecule has 5 heterocycles. The molecule has 1 aliphatic rings. The summed E-state index contributed by atoms with van der Waals surface area (Å²) >= 11 is 6.48. The van der Waals surface area contributed by atoms with Crippen LogP contribution < -0.4 is 0 Å². The quantitative estimate of drug-likeness (QED) is 0.269. The van der Waals surface area contributed by atoms with Crippen molar-refractivity contribution in [3.8, 4) is 0 Å². The number of thioether (sulfide) groups is 1. The molecule has 0 fully saturated rings. The van der Waals surface area contributed by atoms with Crippen molar-refractivity contribution in [1.82, 2.24) is 15.0 Å². The molecule has 0 N–H and O–H groups in total. The minimum Gasteiger partial charge on any atom is -0.272 e. The maximum atomic E-state index is 13.2. The van der Waals surface area contributed by atoms with E-state index in [2.05, 4.69) is 41.3 Å². The summed E-state index contributed by atoms with van der Waals surface area (Å²) in [5, 5.41) is 12.4. The van der Waals surface area contributed by atoms with Crippen LogP contribution in [0.4, 0.5) is 0 Å². The van der Waals surface area contributed by atoms with Gasteiger partial charge in [-0.25, -0.2) is 15.0 Å². The number of carbonyl (C=O) groups is 1. The molecule has 30 heavy (non-hydrogen) atoms. The van der Waals surface area contributed by atoms with Crippen LogP contribution in [-0.4, -0.2) is 32.3 Å². The first-order chi connectivity index (χ1) is 14.6. The first-order valence-electron chi connectivity index (χ1n) is 9.42. The zero-order valence-electron chi connectivity index (χ0n) is 16.4. The highest BCUT2D eigenvalue weighted by Gasteiger charge is 2.34. The number of carbonyl (C=O) groups excluding carboxylic acids is 1. The zero-order chi connectivity index (χ0) is 20.7. The Hall–Kier alpha value is -2.07. The molecule has 152 valence electrons. The van der Waals surface area contributed by atoms with Gasteiger partial charge in [-0.05, 0) is 42.3 Å². The maximum Gasteiger partial charge on any atom is 0.253 e. The van der Waals surface area contributed by atoms with Gasteiger partial charge < -0.3 is 0 Å². The molecule has 0 radical (unpaired) electrons. The van der Waals surface area contributed by atoms with Gasteiger partial charge in [0.25, 0.3) is 5.91 Å². The molecule has 0 spiro atoms. The molecule has 1 unspecified atom stereocenters. The van der Waals surface area contributed by atoms with Crippen LogP contribution in [-0.2, 0) is 4.79 Å². The van der Waals surface area contributed by atoms with Gasteiger partial charge in [0.05, 0.1) is 22.4 Å². The third-order valence-corrected chi connectivity index (χ3v) is 9.09. The number of hydrazone groups is 1. The van der Waals surface area contributed by atoms with E-state index in [1.54, 1.807) is 45.3 Å². The fourth-order valence-corrected chi connectivity index (χ4v) is 6.99. The summed E-state index contributed by atoms with van der Waals surface area (Å²) < 4.78 is 0. The molecule has 9 heteroatoms. The summed E-state index contributed by atoms with van der Waals surface area (Å²) in [4.78, 5) is 26.6. The smallest absolute Gasteiger partial charge is 0.253 e. The number of amides is 1. The van der Waals surface area contributed by atoms with E-state index >= 15 is 0 Å². The average molecular weight is 471 g/mol. The van der Waals surface area contributed by atoms with E-state index in [1.807, 2.05) is 17.5 Å². The predicted octanol–water partition coefficient (Wildman–Crippen LogP) is 5.90. The fraction of sp³-hybridized carbons (Fsp3) is 0.238. The molecule has 1 atom stereocenters. The Morgan fingerprint density at radius 3 is 2.80 bits per heavy atom. The second-order valence-corrected chi connectivity index (χ2v) is 11.0. The molecule has 0 aliphatic carbocycles. The number of hydrogen-bond donors (Lipinski definition) is 0. The Labute approximate surface area is 190 Å². The Kier molecular flexibility index (Phi) is 5.44. The molecule has 5 rings (SSSR count). The average Bonchev–Trinajstić information content (AvgIpc) is 3.53. The summed E-state index contributed by atoms with van der Waals surface area (Å²) in [5.41, 5.74) is 2.18. The number of fused-ring (bicyclic) bond motifs is 1. The molecule has 0 saturated carbocycles. The molecule has 0 aromatic carbocycles. The lowest BCUT2D eigenvalue weighted by molar-refractivity contribution is -0.130. The minimum atomic E-state index is -0.0363. The van der Waals surface area contributed by atoms with Gasteiger partial charge in [-0.2, -0.15) is 5.10 Å². The molecule has 1 aliphatic heterocycles. The van der Waals surface area contributed by atoms with Gasteiger partial charge in [0, 0.05) is 21.6 Å². The van der Waals surface area contributed by atoms with Crippen LogP contribution >= 0.6 is 45.8 Å². The van der Waals surface area contributed by atoms with E-state index in [1.165, 1.54) is 22.2 Å². The van der Waals surface area contributed by atoms with Crippen molar-refractivity contribution in [2.75, 3.05) is 5.75 Å². The Bertz CT molecular complexity index is 1230. The van der Waals surface area contributed by atoms with Crippen LogP contribution in [0.5, 0.6) is 0 Å². The maximum absolute atomic E-state index is 13.2. The Balaban J connectivity index is 1.40. The van der Waals surface area contributed by atoms with Crippen molar-refractivity contribution in [3.63, 3.8) is 0 Å². The number of hydrogen-bond acceptors (Lipinski definition) is 8. The van der Waals surface area contributed by atoms with Crippen LogP contribution in [0.2, 0.25) is 0 Å². The first kappa shape index (κ1) is 19.9. The number of aryl methyl sites for hydroxylation is 2. The topological polar surface area (TPSA) is 58.5 Å². The zero-order valence-corrected chi connectivity index (χ0v) is 19.6. The van der Waals surface area contributed by atoms with E-state index in [-0.39, 0.29) is 11.9 Å². The molecular weight excluding hydrogens is 453 g/mol. The van der Waals surface area contributed by atoms with E-state index in [4.69, 9.17) is 5.10 Å². The van der Waals surface area contributed by atoms with Crippen molar-refractivity contribution < 1.29 is 4.79 Å². The van der Waals surface area contributed by atoms with Crippen molar-refractivity contribution in [1.29, 1.82) is 0 Å². The molecule has 5 nitrogen and oxygen atoms in total. The predicted molar refractivity (Wildman–Crippen MR) is 127 cm³/mol. The van der Waals surface area contributed by atoms with Gasteiger partial charge >= 0.3 is 0 Å². The number of nitrogens with zero attached hydrogens (tertiary/aromatic N) is 4. The van der Waals surface area contributed by atoms with Gasteiger partial charge in [-0.15, -0.1) is 34.0 Å². The standard InChI is InChI=1S/C21H18N4OS4/c1-12-13(2)30-21-19(12)20(22-11-23-21)29-10-18(26)25-15(17-6-4-8-28-17)9-14(24-25)16-5-3-7-27-16/h3-8,11,15H,9-10H2,1-2H3. The van der Waals surface area contributed by atoms with Crippen LogP contribution in [0.15, 0.2) is 51.5 Å². The van der Waals surface area contributed by atoms with Gasteiger partial charge in [-0.3, -0.25) is 4.79 Å². The summed E-state index contributed by atoms with van der Waals surface area (Å²) in [7, 11) is 0.